The number of carbonyl (C=O) groups excluding carboxylic acids is 1. The monoisotopic (exact) mass is 496 g/mol. The lowest BCUT2D eigenvalue weighted by Gasteiger charge is -2.64. The third-order valence-corrected chi connectivity index (χ3v) is 12.3. The maximum Gasteiger partial charge on any atom is 0.335 e. The van der Waals surface area contributed by atoms with Crippen molar-refractivity contribution in [2.75, 3.05) is 20.1 Å². The summed E-state index contributed by atoms with van der Waals surface area (Å²) in [4.78, 5) is 26.7. The first-order chi connectivity index (χ1) is 17.2. The van der Waals surface area contributed by atoms with Crippen molar-refractivity contribution in [1.29, 1.82) is 0 Å². The summed E-state index contributed by atoms with van der Waals surface area (Å²) in [5.41, 5.74) is 0.152. The minimum absolute atomic E-state index is 0.150. The zero-order chi connectivity index (χ0) is 25.3. The number of fused-ring (bicyclic) bond motifs is 5. The van der Waals surface area contributed by atoms with E-state index in [1.54, 1.807) is 6.26 Å². The van der Waals surface area contributed by atoms with Crippen LogP contribution in [0.15, 0.2) is 27.6 Å². The Labute approximate surface area is 215 Å². The molecule has 5 aliphatic rings. The van der Waals surface area contributed by atoms with Crippen LogP contribution in [-0.4, -0.2) is 47.7 Å². The molecule has 1 unspecified atom stereocenters. The van der Waals surface area contributed by atoms with Gasteiger partial charge < -0.3 is 19.7 Å². The molecule has 36 heavy (non-hydrogen) atoms. The van der Waals surface area contributed by atoms with Crippen LogP contribution in [0.4, 0.5) is 0 Å². The van der Waals surface area contributed by atoms with Crippen molar-refractivity contribution < 1.29 is 14.3 Å². The van der Waals surface area contributed by atoms with Gasteiger partial charge in [0.2, 0.25) is 5.91 Å². The lowest BCUT2D eigenvalue weighted by atomic mass is 9.43. The van der Waals surface area contributed by atoms with E-state index in [9.17, 15) is 14.7 Å². The van der Waals surface area contributed by atoms with E-state index in [1.807, 2.05) is 13.1 Å². The van der Waals surface area contributed by atoms with Gasteiger partial charge in [0, 0.05) is 31.1 Å². The van der Waals surface area contributed by atoms with E-state index in [4.69, 9.17) is 4.42 Å². The average Bonchev–Trinajstić information content (AvgIpc) is 3.50. The number of hydrogen-bond acceptors (Lipinski definition) is 5. The summed E-state index contributed by atoms with van der Waals surface area (Å²) in [5.74, 6) is 2.22. The number of rotatable bonds is 3. The molecule has 2 N–H and O–H groups in total. The molecular formula is C30H44N2O4. The fourth-order valence-electron chi connectivity index (χ4n) is 9.99. The van der Waals surface area contributed by atoms with Crippen LogP contribution in [0.5, 0.6) is 0 Å². The van der Waals surface area contributed by atoms with E-state index in [0.717, 1.165) is 82.9 Å². The Balaban J connectivity index is 1.20. The standard InChI is InChI=1S/C30H44N2O4/c1-28-12-8-22(32(3)27(34)19-11-15-31-17-19)16-21(28)5-6-25-24(28)9-13-29(2)23(10-14-30(25,29)35)20-4-7-26(33)36-18-20/h4,7,18-19,21-25,31,35H,5-6,8-17H2,1-3H3/t19?,21-,22+,23-,24+,25-,28+,29-,30+/m1/s1. The number of nitrogens with one attached hydrogen (secondary N) is 1. The number of amides is 1. The maximum atomic E-state index is 13.1. The maximum absolute atomic E-state index is 13.1. The molecule has 6 rings (SSSR count). The van der Waals surface area contributed by atoms with Crippen molar-refractivity contribution in [3.63, 3.8) is 0 Å². The van der Waals surface area contributed by atoms with Gasteiger partial charge in [-0.1, -0.05) is 13.8 Å². The van der Waals surface area contributed by atoms with Gasteiger partial charge in [0.15, 0.2) is 0 Å². The summed E-state index contributed by atoms with van der Waals surface area (Å²) in [6, 6.07) is 3.80. The van der Waals surface area contributed by atoms with Gasteiger partial charge in [-0.3, -0.25) is 4.79 Å². The molecule has 1 aliphatic heterocycles. The molecule has 0 bridgehead atoms. The predicted molar refractivity (Wildman–Crippen MR) is 138 cm³/mol. The molecule has 6 nitrogen and oxygen atoms in total. The summed E-state index contributed by atoms with van der Waals surface area (Å²) in [6.45, 7) is 6.60. The number of aliphatic hydroxyl groups is 1. The molecule has 9 atom stereocenters. The van der Waals surface area contributed by atoms with Crippen molar-refractivity contribution in [2.45, 2.75) is 95.6 Å². The molecule has 1 amide bonds. The molecule has 0 aromatic carbocycles. The molecule has 1 aromatic heterocycles. The van der Waals surface area contributed by atoms with Crippen molar-refractivity contribution in [3.05, 3.63) is 34.4 Å². The van der Waals surface area contributed by atoms with Gasteiger partial charge in [0.1, 0.15) is 0 Å². The third kappa shape index (κ3) is 3.49. The van der Waals surface area contributed by atoms with Gasteiger partial charge in [-0.15, -0.1) is 0 Å². The van der Waals surface area contributed by atoms with E-state index in [1.165, 1.54) is 6.07 Å². The van der Waals surface area contributed by atoms with Crippen LogP contribution in [0, 0.1) is 34.5 Å². The highest BCUT2D eigenvalue weighted by molar-refractivity contribution is 5.79. The Morgan fingerprint density at radius 2 is 1.89 bits per heavy atom. The van der Waals surface area contributed by atoms with Crippen LogP contribution in [0.25, 0.3) is 0 Å². The normalized spacial score (nSPS) is 46.0. The van der Waals surface area contributed by atoms with Crippen LogP contribution < -0.4 is 10.9 Å². The molecule has 4 aliphatic carbocycles. The van der Waals surface area contributed by atoms with Crippen LogP contribution in [0.3, 0.4) is 0 Å². The molecule has 6 heteroatoms. The predicted octanol–water partition coefficient (Wildman–Crippen LogP) is 4.32. The van der Waals surface area contributed by atoms with Crippen LogP contribution in [0.1, 0.15) is 89.5 Å². The zero-order valence-corrected chi connectivity index (χ0v) is 22.3. The molecule has 1 saturated heterocycles. The van der Waals surface area contributed by atoms with Crippen LogP contribution in [-0.2, 0) is 4.79 Å². The summed E-state index contributed by atoms with van der Waals surface area (Å²) < 4.78 is 5.23. The molecule has 198 valence electrons. The summed E-state index contributed by atoms with van der Waals surface area (Å²) in [7, 11) is 2.04. The number of carbonyl (C=O) groups is 1. The van der Waals surface area contributed by atoms with Crippen molar-refractivity contribution in [1.82, 2.24) is 10.2 Å². The van der Waals surface area contributed by atoms with E-state index in [-0.39, 0.29) is 28.3 Å². The second-order valence-corrected chi connectivity index (χ2v) is 13.4. The average molecular weight is 497 g/mol. The summed E-state index contributed by atoms with van der Waals surface area (Å²) in [5, 5.41) is 15.8. The highest BCUT2D eigenvalue weighted by Crippen LogP contribution is 2.70. The van der Waals surface area contributed by atoms with Crippen LogP contribution in [0.2, 0.25) is 0 Å². The second kappa shape index (κ2) is 8.69. The topological polar surface area (TPSA) is 82.8 Å². The number of hydrogen-bond donors (Lipinski definition) is 2. The third-order valence-electron chi connectivity index (χ3n) is 12.3. The molecule has 2 heterocycles. The molecule has 1 aromatic rings. The Hall–Kier alpha value is -1.66. The second-order valence-electron chi connectivity index (χ2n) is 13.4. The Morgan fingerprint density at radius 1 is 1.06 bits per heavy atom. The molecule has 0 radical (unpaired) electrons. The van der Waals surface area contributed by atoms with Gasteiger partial charge >= 0.3 is 5.63 Å². The Kier molecular flexibility index (Phi) is 5.95. The minimum atomic E-state index is -0.663. The minimum Gasteiger partial charge on any atom is -0.431 e. The Morgan fingerprint density at radius 3 is 2.61 bits per heavy atom. The highest BCUT2D eigenvalue weighted by Gasteiger charge is 2.67. The van der Waals surface area contributed by atoms with Crippen LogP contribution >= 0.6 is 0 Å². The summed E-state index contributed by atoms with van der Waals surface area (Å²) in [6.07, 6.45) is 12.2. The number of nitrogens with zero attached hydrogens (tertiary/aromatic N) is 1. The van der Waals surface area contributed by atoms with Gasteiger partial charge in [0.05, 0.1) is 17.8 Å². The van der Waals surface area contributed by atoms with Crippen molar-refractivity contribution in [2.24, 2.45) is 34.5 Å². The zero-order valence-electron chi connectivity index (χ0n) is 22.3. The lowest BCUT2D eigenvalue weighted by Crippen LogP contribution is -2.62. The lowest BCUT2D eigenvalue weighted by molar-refractivity contribution is -0.203. The smallest absolute Gasteiger partial charge is 0.335 e. The quantitative estimate of drug-likeness (QED) is 0.651. The van der Waals surface area contributed by atoms with Crippen molar-refractivity contribution in [3.8, 4) is 0 Å². The SMILES string of the molecule is CN(C(=O)C1CCNC1)[C@H]1CC[C@@]2(C)[C@H](CC[C@@H]3[C@@H]2CC[C@]2(C)[C@@H](c4ccc(=O)oc4)CC[C@]32O)C1. The van der Waals surface area contributed by atoms with E-state index in [0.29, 0.717) is 29.7 Å². The molecular weight excluding hydrogens is 452 g/mol. The molecule has 4 saturated carbocycles. The first-order valence-electron chi connectivity index (χ1n) is 14.5. The first-order valence-corrected chi connectivity index (χ1v) is 14.5. The van der Waals surface area contributed by atoms with Crippen molar-refractivity contribution >= 4 is 5.91 Å². The summed E-state index contributed by atoms with van der Waals surface area (Å²) >= 11 is 0. The first kappa shape index (κ1) is 24.7. The fourth-order valence-corrected chi connectivity index (χ4v) is 9.99. The fraction of sp³-hybridized carbons (Fsp3) is 0.800. The molecule has 5 fully saturated rings. The van der Waals surface area contributed by atoms with Gasteiger partial charge in [-0.05, 0) is 111 Å². The van der Waals surface area contributed by atoms with Gasteiger partial charge in [-0.25, -0.2) is 4.79 Å². The van der Waals surface area contributed by atoms with E-state index < -0.39 is 5.60 Å². The van der Waals surface area contributed by atoms with Gasteiger partial charge in [-0.2, -0.15) is 0 Å². The van der Waals surface area contributed by atoms with Gasteiger partial charge in [0.25, 0.3) is 0 Å². The Bertz CT molecular complexity index is 1040. The highest BCUT2D eigenvalue weighted by atomic mass is 16.4. The van der Waals surface area contributed by atoms with E-state index >= 15 is 0 Å². The van der Waals surface area contributed by atoms with E-state index in [2.05, 4.69) is 24.1 Å². The largest absolute Gasteiger partial charge is 0.431 e. The molecule has 0 spiro atoms.